The van der Waals surface area contributed by atoms with E-state index in [0.29, 0.717) is 55.9 Å². The fourth-order valence-corrected chi connectivity index (χ4v) is 3.98. The molecule has 2 amide bonds. The molecule has 2 aromatic rings. The number of carbonyl (C=O) groups excluding carboxylic acids is 2. The first kappa shape index (κ1) is 21.5. The van der Waals surface area contributed by atoms with Crippen LogP contribution in [0.3, 0.4) is 0 Å². The molecule has 2 aliphatic rings. The van der Waals surface area contributed by atoms with Crippen LogP contribution in [0.4, 0.5) is 4.39 Å². The molecule has 9 heteroatoms. The maximum absolute atomic E-state index is 13.2. The lowest BCUT2D eigenvalue weighted by molar-refractivity contribution is -0.127. The average molecular weight is 465 g/mol. The fraction of sp³-hybridized carbons (Fsp3) is 0.273. The first-order valence-corrected chi connectivity index (χ1v) is 10.5. The Morgan fingerprint density at radius 2 is 1.65 bits per heavy atom. The largest absolute Gasteiger partial charge is 0.486 e. The van der Waals surface area contributed by atoms with Gasteiger partial charge in [-0.15, -0.1) is 0 Å². The molecule has 0 aliphatic carbocycles. The number of ether oxygens (including phenoxy) is 2. The summed E-state index contributed by atoms with van der Waals surface area (Å²) in [6.45, 7) is 2.39. The van der Waals surface area contributed by atoms with Gasteiger partial charge < -0.3 is 19.3 Å². The van der Waals surface area contributed by atoms with Crippen molar-refractivity contribution in [3.8, 4) is 11.5 Å². The third kappa shape index (κ3) is 4.78. The van der Waals surface area contributed by atoms with Crippen LogP contribution in [-0.4, -0.2) is 61.0 Å². The van der Waals surface area contributed by atoms with Crippen LogP contribution in [0.15, 0.2) is 36.4 Å². The van der Waals surface area contributed by atoms with Crippen molar-refractivity contribution >= 4 is 41.1 Å². The summed E-state index contributed by atoms with van der Waals surface area (Å²) in [5.74, 6) is 0.121. The van der Waals surface area contributed by atoms with E-state index in [0.717, 1.165) is 11.6 Å². The Morgan fingerprint density at radius 1 is 0.935 bits per heavy atom. The highest BCUT2D eigenvalue weighted by atomic mass is 35.5. The Morgan fingerprint density at radius 3 is 2.39 bits per heavy atom. The number of fused-ring (bicyclic) bond motifs is 1. The second-order valence-electron chi connectivity index (χ2n) is 7.10. The minimum Gasteiger partial charge on any atom is -0.486 e. The van der Waals surface area contributed by atoms with Gasteiger partial charge in [-0.3, -0.25) is 9.59 Å². The molecule has 1 fully saturated rings. The predicted molar refractivity (Wildman–Crippen MR) is 115 cm³/mol. The average Bonchev–Trinajstić information content (AvgIpc) is 2.77. The van der Waals surface area contributed by atoms with Gasteiger partial charge in [-0.2, -0.15) is 0 Å². The number of benzene rings is 2. The smallest absolute Gasteiger partial charge is 0.255 e. The zero-order chi connectivity index (χ0) is 22.0. The molecule has 2 aromatic carbocycles. The summed E-state index contributed by atoms with van der Waals surface area (Å²) in [6.07, 6.45) is 3.14. The molecule has 0 bridgehead atoms. The highest BCUT2D eigenvalue weighted by Crippen LogP contribution is 2.38. The quantitative estimate of drug-likeness (QED) is 0.646. The van der Waals surface area contributed by atoms with Crippen LogP contribution in [-0.2, 0) is 4.79 Å². The predicted octanol–water partition coefficient (Wildman–Crippen LogP) is 3.90. The molecule has 0 saturated carbocycles. The lowest BCUT2D eigenvalue weighted by Gasteiger charge is -2.34. The van der Waals surface area contributed by atoms with E-state index < -0.39 is 5.82 Å². The molecule has 0 unspecified atom stereocenters. The van der Waals surface area contributed by atoms with Gasteiger partial charge in [0.2, 0.25) is 5.91 Å². The molecule has 162 valence electrons. The molecule has 1 saturated heterocycles. The monoisotopic (exact) mass is 464 g/mol. The molecule has 2 aliphatic heterocycles. The third-order valence-electron chi connectivity index (χ3n) is 5.08. The van der Waals surface area contributed by atoms with Gasteiger partial charge in [0.25, 0.3) is 5.91 Å². The van der Waals surface area contributed by atoms with Crippen LogP contribution in [0, 0.1) is 5.82 Å². The van der Waals surface area contributed by atoms with Crippen molar-refractivity contribution in [2.75, 3.05) is 39.4 Å². The number of carbonyl (C=O) groups is 2. The number of amides is 2. The number of rotatable bonds is 3. The molecule has 2 heterocycles. The van der Waals surface area contributed by atoms with E-state index in [4.69, 9.17) is 32.7 Å². The summed E-state index contributed by atoms with van der Waals surface area (Å²) in [6, 6.07) is 7.17. The number of halogens is 3. The van der Waals surface area contributed by atoms with Crippen molar-refractivity contribution in [1.29, 1.82) is 0 Å². The second kappa shape index (κ2) is 9.16. The summed E-state index contributed by atoms with van der Waals surface area (Å²) < 4.78 is 24.2. The van der Waals surface area contributed by atoms with Crippen molar-refractivity contribution in [3.05, 3.63) is 63.4 Å². The van der Waals surface area contributed by atoms with E-state index in [9.17, 15) is 14.0 Å². The molecule has 0 N–H and O–H groups in total. The number of hydrogen-bond acceptors (Lipinski definition) is 4. The Kier molecular flexibility index (Phi) is 6.34. The number of hydrogen-bond donors (Lipinski definition) is 0. The highest BCUT2D eigenvalue weighted by molar-refractivity contribution is 6.33. The molecule has 6 nitrogen and oxygen atoms in total. The normalized spacial score (nSPS) is 16.0. The summed E-state index contributed by atoms with van der Waals surface area (Å²) in [7, 11) is 0. The lowest BCUT2D eigenvalue weighted by Crippen LogP contribution is -2.50. The molecule has 31 heavy (non-hydrogen) atoms. The maximum Gasteiger partial charge on any atom is 0.255 e. The van der Waals surface area contributed by atoms with E-state index in [-0.39, 0.29) is 22.4 Å². The van der Waals surface area contributed by atoms with Gasteiger partial charge in [0, 0.05) is 32.3 Å². The SMILES string of the molecule is O=C(/C=C/c1cc(Cl)c2c(c1)OCCO2)N1CCN(C(=O)c2ccc(F)cc2Cl)CC1. The Hall–Kier alpha value is -2.77. The molecule has 4 rings (SSSR count). The van der Waals surface area contributed by atoms with Gasteiger partial charge in [0.15, 0.2) is 11.5 Å². The van der Waals surface area contributed by atoms with Crippen LogP contribution in [0.1, 0.15) is 15.9 Å². The van der Waals surface area contributed by atoms with Crippen LogP contribution in [0.25, 0.3) is 6.08 Å². The standard InChI is InChI=1S/C22H19Cl2FN2O4/c23-17-13-15(25)2-3-16(17)22(29)27-7-5-26(6-8-27)20(28)4-1-14-11-18(24)21-19(12-14)30-9-10-31-21/h1-4,11-13H,5-10H2/b4-1+. The van der Waals surface area contributed by atoms with Gasteiger partial charge in [0.1, 0.15) is 19.0 Å². The van der Waals surface area contributed by atoms with Crippen molar-refractivity contribution in [2.24, 2.45) is 0 Å². The van der Waals surface area contributed by atoms with E-state index >= 15 is 0 Å². The van der Waals surface area contributed by atoms with Gasteiger partial charge in [-0.25, -0.2) is 4.39 Å². The van der Waals surface area contributed by atoms with Gasteiger partial charge in [-0.05, 0) is 42.0 Å². The van der Waals surface area contributed by atoms with E-state index in [1.54, 1.807) is 28.0 Å². The number of nitrogens with zero attached hydrogens (tertiary/aromatic N) is 2. The Bertz CT molecular complexity index is 1050. The lowest BCUT2D eigenvalue weighted by atomic mass is 10.1. The molecule has 0 aromatic heterocycles. The maximum atomic E-state index is 13.2. The van der Waals surface area contributed by atoms with Gasteiger partial charge >= 0.3 is 0 Å². The van der Waals surface area contributed by atoms with Crippen LogP contribution in [0.2, 0.25) is 10.0 Å². The zero-order valence-corrected chi connectivity index (χ0v) is 18.0. The molecular formula is C22H19Cl2FN2O4. The Balaban J connectivity index is 1.36. The summed E-state index contributed by atoms with van der Waals surface area (Å²) in [5, 5.41) is 0.500. The van der Waals surface area contributed by atoms with Gasteiger partial charge in [-0.1, -0.05) is 23.2 Å². The minimum atomic E-state index is -0.497. The van der Waals surface area contributed by atoms with Gasteiger partial charge in [0.05, 0.1) is 15.6 Å². The van der Waals surface area contributed by atoms with Crippen molar-refractivity contribution in [3.63, 3.8) is 0 Å². The molecular weight excluding hydrogens is 446 g/mol. The second-order valence-corrected chi connectivity index (χ2v) is 7.92. The summed E-state index contributed by atoms with van der Waals surface area (Å²) >= 11 is 12.2. The van der Waals surface area contributed by atoms with Crippen LogP contribution in [0.5, 0.6) is 11.5 Å². The summed E-state index contributed by atoms with van der Waals surface area (Å²) in [5.41, 5.74) is 0.973. The van der Waals surface area contributed by atoms with Crippen LogP contribution < -0.4 is 9.47 Å². The van der Waals surface area contributed by atoms with E-state index in [1.807, 2.05) is 0 Å². The fourth-order valence-electron chi connectivity index (χ4n) is 3.46. The Labute approximate surface area is 188 Å². The first-order valence-electron chi connectivity index (χ1n) is 9.73. The molecule has 0 spiro atoms. The molecule has 0 atom stereocenters. The van der Waals surface area contributed by atoms with Crippen molar-refractivity contribution < 1.29 is 23.5 Å². The van der Waals surface area contributed by atoms with Crippen LogP contribution >= 0.6 is 23.2 Å². The highest BCUT2D eigenvalue weighted by Gasteiger charge is 2.25. The molecule has 0 radical (unpaired) electrons. The van der Waals surface area contributed by atoms with Crippen molar-refractivity contribution in [1.82, 2.24) is 9.80 Å². The van der Waals surface area contributed by atoms with Crippen molar-refractivity contribution in [2.45, 2.75) is 0 Å². The third-order valence-corrected chi connectivity index (χ3v) is 5.67. The number of piperazine rings is 1. The minimum absolute atomic E-state index is 0.0736. The first-order chi connectivity index (χ1) is 14.9. The van der Waals surface area contributed by atoms with E-state index in [2.05, 4.69) is 0 Å². The summed E-state index contributed by atoms with van der Waals surface area (Å²) in [4.78, 5) is 28.5. The van der Waals surface area contributed by atoms with E-state index in [1.165, 1.54) is 18.2 Å². The topological polar surface area (TPSA) is 59.1 Å². The zero-order valence-electron chi connectivity index (χ0n) is 16.4.